The number of morpholine rings is 1. The number of anilines is 1. The van der Waals surface area contributed by atoms with Gasteiger partial charge in [0.05, 0.1) is 26.0 Å². The Balaban J connectivity index is 1.25. The SMILES string of the molecule is COc1cccc(-c2nc3c(s2)CN(Cc2ccc(N4CCOCC4)cc2)CC3)c1. The summed E-state index contributed by atoms with van der Waals surface area (Å²) in [6.07, 6.45) is 1.02. The molecule has 5 nitrogen and oxygen atoms in total. The predicted molar refractivity (Wildman–Crippen MR) is 121 cm³/mol. The molecule has 3 aromatic rings. The number of methoxy groups -OCH3 is 1. The van der Waals surface area contributed by atoms with Crippen LogP contribution in [0.25, 0.3) is 10.6 Å². The minimum atomic E-state index is 0.824. The molecule has 0 radical (unpaired) electrons. The van der Waals surface area contributed by atoms with Crippen molar-refractivity contribution < 1.29 is 9.47 Å². The monoisotopic (exact) mass is 421 g/mol. The van der Waals surface area contributed by atoms with Gasteiger partial charge in [0.1, 0.15) is 10.8 Å². The van der Waals surface area contributed by atoms with Crippen LogP contribution in [-0.4, -0.2) is 49.8 Å². The third-order valence-corrected chi connectivity index (χ3v) is 6.98. The van der Waals surface area contributed by atoms with Crippen LogP contribution in [0.4, 0.5) is 5.69 Å². The number of aromatic nitrogens is 1. The number of nitrogens with zero attached hydrogens (tertiary/aromatic N) is 3. The molecule has 30 heavy (non-hydrogen) atoms. The number of fused-ring (bicyclic) bond motifs is 1. The number of hydrogen-bond donors (Lipinski definition) is 0. The molecule has 6 heteroatoms. The molecule has 2 aliphatic rings. The van der Waals surface area contributed by atoms with Gasteiger partial charge in [-0.3, -0.25) is 4.90 Å². The van der Waals surface area contributed by atoms with Crippen LogP contribution in [0.2, 0.25) is 0 Å². The maximum Gasteiger partial charge on any atom is 0.124 e. The quantitative estimate of drug-likeness (QED) is 0.617. The molecule has 5 rings (SSSR count). The van der Waals surface area contributed by atoms with Crippen LogP contribution in [0.5, 0.6) is 5.75 Å². The van der Waals surface area contributed by atoms with Gasteiger partial charge in [0, 0.05) is 55.3 Å². The summed E-state index contributed by atoms with van der Waals surface area (Å²) in [5, 5.41) is 1.09. The second-order valence-corrected chi connectivity index (χ2v) is 8.93. The number of rotatable bonds is 5. The van der Waals surface area contributed by atoms with Gasteiger partial charge < -0.3 is 14.4 Å². The van der Waals surface area contributed by atoms with E-state index >= 15 is 0 Å². The molecule has 2 aliphatic heterocycles. The van der Waals surface area contributed by atoms with Crippen LogP contribution in [0.1, 0.15) is 16.1 Å². The second-order valence-electron chi connectivity index (χ2n) is 7.85. The molecule has 0 bridgehead atoms. The summed E-state index contributed by atoms with van der Waals surface area (Å²) in [4.78, 5) is 11.2. The maximum atomic E-state index is 5.46. The highest BCUT2D eigenvalue weighted by molar-refractivity contribution is 7.15. The van der Waals surface area contributed by atoms with Gasteiger partial charge in [-0.05, 0) is 29.8 Å². The molecule has 1 fully saturated rings. The van der Waals surface area contributed by atoms with Gasteiger partial charge in [0.2, 0.25) is 0 Å². The second kappa shape index (κ2) is 8.76. The molecule has 0 unspecified atom stereocenters. The summed E-state index contributed by atoms with van der Waals surface area (Å²) in [7, 11) is 1.71. The fourth-order valence-corrected chi connectivity index (χ4v) is 5.30. The maximum absolute atomic E-state index is 5.46. The highest BCUT2D eigenvalue weighted by atomic mass is 32.1. The highest BCUT2D eigenvalue weighted by Crippen LogP contribution is 2.33. The average molecular weight is 422 g/mol. The molecule has 0 aliphatic carbocycles. The molecule has 1 aromatic heterocycles. The van der Waals surface area contributed by atoms with Crippen LogP contribution in [0.3, 0.4) is 0 Å². The lowest BCUT2D eigenvalue weighted by atomic mass is 10.1. The Hall–Kier alpha value is -2.41. The van der Waals surface area contributed by atoms with Crippen LogP contribution >= 0.6 is 11.3 Å². The third-order valence-electron chi connectivity index (χ3n) is 5.85. The van der Waals surface area contributed by atoms with Crippen LogP contribution in [-0.2, 0) is 24.2 Å². The normalized spacial score (nSPS) is 17.0. The van der Waals surface area contributed by atoms with E-state index in [0.717, 1.165) is 68.7 Å². The zero-order chi connectivity index (χ0) is 20.3. The van der Waals surface area contributed by atoms with Gasteiger partial charge in [0.25, 0.3) is 0 Å². The van der Waals surface area contributed by atoms with Crippen molar-refractivity contribution in [3.05, 3.63) is 64.7 Å². The molecular weight excluding hydrogens is 394 g/mol. The van der Waals surface area contributed by atoms with E-state index in [-0.39, 0.29) is 0 Å². The zero-order valence-electron chi connectivity index (χ0n) is 17.3. The van der Waals surface area contributed by atoms with Crippen LogP contribution in [0, 0.1) is 0 Å². The van der Waals surface area contributed by atoms with Gasteiger partial charge in [-0.2, -0.15) is 0 Å². The molecule has 3 heterocycles. The van der Waals surface area contributed by atoms with Crippen molar-refractivity contribution in [2.24, 2.45) is 0 Å². The summed E-state index contributed by atoms with van der Waals surface area (Å²) in [5.74, 6) is 0.878. The summed E-state index contributed by atoms with van der Waals surface area (Å²) < 4.78 is 10.8. The Morgan fingerprint density at radius 2 is 1.90 bits per heavy atom. The number of thiazole rings is 1. The Morgan fingerprint density at radius 1 is 1.07 bits per heavy atom. The topological polar surface area (TPSA) is 37.8 Å². The first-order valence-electron chi connectivity index (χ1n) is 10.6. The van der Waals surface area contributed by atoms with Crippen molar-refractivity contribution in [2.45, 2.75) is 19.5 Å². The molecule has 0 amide bonds. The first-order valence-corrected chi connectivity index (χ1v) is 11.4. The Bertz CT molecular complexity index is 996. The van der Waals surface area contributed by atoms with E-state index in [4.69, 9.17) is 14.5 Å². The van der Waals surface area contributed by atoms with Gasteiger partial charge in [-0.1, -0.05) is 24.3 Å². The molecule has 2 aromatic carbocycles. The van der Waals surface area contributed by atoms with Crippen molar-refractivity contribution in [3.8, 4) is 16.3 Å². The number of hydrogen-bond acceptors (Lipinski definition) is 6. The molecule has 1 saturated heterocycles. The fourth-order valence-electron chi connectivity index (χ4n) is 4.15. The van der Waals surface area contributed by atoms with Crippen LogP contribution < -0.4 is 9.64 Å². The molecule has 0 spiro atoms. The van der Waals surface area contributed by atoms with E-state index in [2.05, 4.69) is 46.2 Å². The Kier molecular flexibility index (Phi) is 5.71. The zero-order valence-corrected chi connectivity index (χ0v) is 18.2. The van der Waals surface area contributed by atoms with E-state index in [1.807, 2.05) is 23.5 Å². The van der Waals surface area contributed by atoms with E-state index in [9.17, 15) is 0 Å². The highest BCUT2D eigenvalue weighted by Gasteiger charge is 2.21. The lowest BCUT2D eigenvalue weighted by Gasteiger charge is -2.29. The Morgan fingerprint density at radius 3 is 2.70 bits per heavy atom. The summed E-state index contributed by atoms with van der Waals surface area (Å²) in [6.45, 7) is 6.62. The molecule has 0 saturated carbocycles. The van der Waals surface area contributed by atoms with E-state index in [1.165, 1.54) is 21.8 Å². The summed E-state index contributed by atoms with van der Waals surface area (Å²) in [5.41, 5.74) is 5.07. The third kappa shape index (κ3) is 4.21. The lowest BCUT2D eigenvalue weighted by molar-refractivity contribution is 0.122. The van der Waals surface area contributed by atoms with Crippen molar-refractivity contribution >= 4 is 17.0 Å². The Labute approximate surface area is 181 Å². The van der Waals surface area contributed by atoms with Gasteiger partial charge in [0.15, 0.2) is 0 Å². The minimum Gasteiger partial charge on any atom is -0.497 e. The smallest absolute Gasteiger partial charge is 0.124 e. The molecular formula is C24H27N3O2S. The molecule has 156 valence electrons. The minimum absolute atomic E-state index is 0.824. The first-order chi connectivity index (χ1) is 14.8. The van der Waals surface area contributed by atoms with E-state index < -0.39 is 0 Å². The van der Waals surface area contributed by atoms with Crippen molar-refractivity contribution in [1.29, 1.82) is 0 Å². The van der Waals surface area contributed by atoms with E-state index in [1.54, 1.807) is 7.11 Å². The predicted octanol–water partition coefficient (Wildman–Crippen LogP) is 4.21. The van der Waals surface area contributed by atoms with E-state index in [0.29, 0.717) is 0 Å². The van der Waals surface area contributed by atoms with Gasteiger partial charge in [-0.15, -0.1) is 11.3 Å². The van der Waals surface area contributed by atoms with Crippen molar-refractivity contribution in [1.82, 2.24) is 9.88 Å². The molecule has 0 N–H and O–H groups in total. The average Bonchev–Trinajstić information content (AvgIpc) is 3.24. The van der Waals surface area contributed by atoms with Crippen LogP contribution in [0.15, 0.2) is 48.5 Å². The largest absolute Gasteiger partial charge is 0.497 e. The van der Waals surface area contributed by atoms with Gasteiger partial charge in [-0.25, -0.2) is 4.98 Å². The summed E-state index contributed by atoms with van der Waals surface area (Å²) >= 11 is 1.82. The van der Waals surface area contributed by atoms with Crippen molar-refractivity contribution in [3.63, 3.8) is 0 Å². The number of benzene rings is 2. The number of ether oxygens (including phenoxy) is 2. The van der Waals surface area contributed by atoms with Gasteiger partial charge >= 0.3 is 0 Å². The standard InChI is InChI=1S/C24H27N3O2S/c1-28-21-4-2-3-19(15-21)24-25-22-9-10-26(17-23(22)30-24)16-18-5-7-20(8-6-18)27-11-13-29-14-12-27/h2-8,15H,9-14,16-17H2,1H3. The first kappa shape index (κ1) is 19.5. The van der Waals surface area contributed by atoms with Crippen molar-refractivity contribution in [2.75, 3.05) is 44.9 Å². The molecule has 0 atom stereocenters. The fraction of sp³-hybridized carbons (Fsp3) is 0.375. The lowest BCUT2D eigenvalue weighted by Crippen LogP contribution is -2.36. The summed E-state index contributed by atoms with van der Waals surface area (Å²) in [6, 6.07) is 17.2.